The quantitative estimate of drug-likeness (QED) is 0.302. The summed E-state index contributed by atoms with van der Waals surface area (Å²) >= 11 is 0. The molecule has 0 aromatic rings. The van der Waals surface area contributed by atoms with E-state index in [4.69, 9.17) is 19.7 Å². The van der Waals surface area contributed by atoms with Crippen molar-refractivity contribution in [1.82, 2.24) is 0 Å². The number of esters is 1. The molecule has 2 aliphatic rings. The van der Waals surface area contributed by atoms with Crippen LogP contribution in [0.25, 0.3) is 10.4 Å². The molecule has 2 saturated heterocycles. The van der Waals surface area contributed by atoms with Crippen molar-refractivity contribution >= 4 is 5.97 Å². The van der Waals surface area contributed by atoms with Gasteiger partial charge in [0.05, 0.1) is 6.61 Å². The molecule has 1 N–H and O–H groups in total. The summed E-state index contributed by atoms with van der Waals surface area (Å²) in [6.45, 7) is 1.42. The van der Waals surface area contributed by atoms with Gasteiger partial charge in [0.25, 0.3) is 0 Å². The van der Waals surface area contributed by atoms with Crippen LogP contribution in [0, 0.1) is 0 Å². The van der Waals surface area contributed by atoms with Crippen molar-refractivity contribution < 1.29 is 24.1 Å². The molecule has 0 amide bonds. The third-order valence-electron chi connectivity index (χ3n) is 2.55. The number of hydrogen-bond acceptors (Lipinski definition) is 6. The van der Waals surface area contributed by atoms with Crippen LogP contribution in [-0.2, 0) is 19.0 Å². The second-order valence-corrected chi connectivity index (χ2v) is 3.64. The highest BCUT2D eigenvalue weighted by Gasteiger charge is 2.51. The van der Waals surface area contributed by atoms with E-state index < -0.39 is 36.6 Å². The highest BCUT2D eigenvalue weighted by atomic mass is 16.7. The van der Waals surface area contributed by atoms with Crippen molar-refractivity contribution in [3.8, 4) is 0 Å². The van der Waals surface area contributed by atoms with Crippen LogP contribution in [0.1, 0.15) is 6.92 Å². The number of carbonyl (C=O) groups is 1. The molecule has 4 unspecified atom stereocenters. The Kier molecular flexibility index (Phi) is 2.97. The number of ether oxygens (including phenoxy) is 3. The third-order valence-corrected chi connectivity index (χ3v) is 2.55. The van der Waals surface area contributed by atoms with Crippen molar-refractivity contribution in [1.29, 1.82) is 0 Å². The van der Waals surface area contributed by atoms with Crippen LogP contribution < -0.4 is 0 Å². The van der Waals surface area contributed by atoms with Gasteiger partial charge in [0.15, 0.2) is 6.29 Å². The third kappa shape index (κ3) is 1.83. The molecular formula is C8H11N3O5. The summed E-state index contributed by atoms with van der Waals surface area (Å²) in [4.78, 5) is 13.5. The molecule has 2 fully saturated rings. The number of aliphatic hydroxyl groups is 1. The molecule has 88 valence electrons. The lowest BCUT2D eigenvalue weighted by atomic mass is 9.99. The van der Waals surface area contributed by atoms with Gasteiger partial charge >= 0.3 is 5.97 Å². The molecule has 0 aromatic heterocycles. The SMILES string of the molecule is CC(=O)O[C@H]1C(O)C2COC(O2)C1N=[N+]=[N-]. The summed E-state index contributed by atoms with van der Waals surface area (Å²) in [6.07, 6.45) is -3.26. The Morgan fingerprint density at radius 3 is 3.06 bits per heavy atom. The van der Waals surface area contributed by atoms with Crippen LogP contribution in [0.5, 0.6) is 0 Å². The summed E-state index contributed by atoms with van der Waals surface area (Å²) in [6, 6.07) is -0.859. The van der Waals surface area contributed by atoms with Gasteiger partial charge in [-0.2, -0.15) is 0 Å². The van der Waals surface area contributed by atoms with Crippen molar-refractivity contribution in [2.45, 2.75) is 37.6 Å². The summed E-state index contributed by atoms with van der Waals surface area (Å²) < 4.78 is 15.4. The lowest BCUT2D eigenvalue weighted by Crippen LogP contribution is -2.54. The smallest absolute Gasteiger partial charge is 0.303 e. The first-order chi connectivity index (χ1) is 7.63. The molecule has 8 nitrogen and oxygen atoms in total. The maximum Gasteiger partial charge on any atom is 0.303 e. The standard InChI is InChI=1S/C8H11N3O5/c1-3(12)15-7-5(10-11-9)8-14-2-4(16-8)6(7)13/h4-8,13H,2H2,1H3/t4?,5?,6?,7-,8?/m1/s1. The Morgan fingerprint density at radius 1 is 1.69 bits per heavy atom. The van der Waals surface area contributed by atoms with Gasteiger partial charge in [-0.1, -0.05) is 5.11 Å². The number of aliphatic hydroxyl groups excluding tert-OH is 1. The molecule has 2 bridgehead atoms. The zero-order chi connectivity index (χ0) is 11.7. The number of nitrogens with zero attached hydrogens (tertiary/aromatic N) is 3. The number of rotatable bonds is 2. The number of carbonyl (C=O) groups excluding carboxylic acids is 1. The van der Waals surface area contributed by atoms with Crippen LogP contribution in [0.2, 0.25) is 0 Å². The fourth-order valence-corrected chi connectivity index (χ4v) is 1.88. The highest BCUT2D eigenvalue weighted by Crippen LogP contribution is 2.31. The Bertz CT molecular complexity index is 343. The van der Waals surface area contributed by atoms with Crippen LogP contribution in [0.3, 0.4) is 0 Å². The predicted octanol–water partition coefficient (Wildman–Crippen LogP) is -0.287. The molecule has 2 aliphatic heterocycles. The zero-order valence-electron chi connectivity index (χ0n) is 8.52. The van der Waals surface area contributed by atoms with Gasteiger partial charge < -0.3 is 19.3 Å². The largest absolute Gasteiger partial charge is 0.459 e. The fraction of sp³-hybridized carbons (Fsp3) is 0.875. The first-order valence-electron chi connectivity index (χ1n) is 4.80. The van der Waals surface area contributed by atoms with Crippen LogP contribution >= 0.6 is 0 Å². The Labute approximate surface area is 90.7 Å². The molecule has 0 saturated carbocycles. The van der Waals surface area contributed by atoms with Crippen LogP contribution in [0.4, 0.5) is 0 Å². The topological polar surface area (TPSA) is 114 Å². The first kappa shape index (κ1) is 11.2. The minimum atomic E-state index is -1.04. The second kappa shape index (κ2) is 4.26. The molecule has 2 heterocycles. The maximum atomic E-state index is 10.9. The lowest BCUT2D eigenvalue weighted by molar-refractivity contribution is -0.196. The Morgan fingerprint density at radius 2 is 2.44 bits per heavy atom. The van der Waals surface area contributed by atoms with E-state index in [1.54, 1.807) is 0 Å². The Hall–Kier alpha value is -1.34. The van der Waals surface area contributed by atoms with Crippen molar-refractivity contribution in [3.63, 3.8) is 0 Å². The molecule has 0 aromatic carbocycles. The van der Waals surface area contributed by atoms with E-state index in [2.05, 4.69) is 10.0 Å². The van der Waals surface area contributed by atoms with E-state index in [0.717, 1.165) is 0 Å². The molecule has 5 atom stereocenters. The second-order valence-electron chi connectivity index (χ2n) is 3.64. The van der Waals surface area contributed by atoms with E-state index in [9.17, 15) is 9.90 Å². The fourth-order valence-electron chi connectivity index (χ4n) is 1.88. The molecule has 0 radical (unpaired) electrons. The van der Waals surface area contributed by atoms with Gasteiger partial charge in [-0.15, -0.1) is 0 Å². The van der Waals surface area contributed by atoms with Gasteiger partial charge in [0.1, 0.15) is 24.4 Å². The number of hydrogen-bond donors (Lipinski definition) is 1. The maximum absolute atomic E-state index is 10.9. The van der Waals surface area contributed by atoms with Crippen molar-refractivity contribution in [3.05, 3.63) is 10.4 Å². The molecular weight excluding hydrogens is 218 g/mol. The lowest BCUT2D eigenvalue weighted by Gasteiger charge is -2.35. The summed E-state index contributed by atoms with van der Waals surface area (Å²) in [5, 5.41) is 13.3. The minimum Gasteiger partial charge on any atom is -0.459 e. The van der Waals surface area contributed by atoms with Crippen LogP contribution in [-0.4, -0.2) is 48.3 Å². The van der Waals surface area contributed by atoms with Crippen molar-refractivity contribution in [2.75, 3.05) is 6.61 Å². The molecule has 0 aliphatic carbocycles. The molecule has 8 heteroatoms. The zero-order valence-corrected chi connectivity index (χ0v) is 8.52. The predicted molar refractivity (Wildman–Crippen MR) is 49.1 cm³/mol. The van der Waals surface area contributed by atoms with Gasteiger partial charge in [-0.25, -0.2) is 0 Å². The number of fused-ring (bicyclic) bond motifs is 2. The van der Waals surface area contributed by atoms with E-state index in [0.29, 0.717) is 0 Å². The highest BCUT2D eigenvalue weighted by molar-refractivity contribution is 5.66. The summed E-state index contributed by atoms with van der Waals surface area (Å²) in [5.41, 5.74) is 8.41. The van der Waals surface area contributed by atoms with Gasteiger partial charge in [0, 0.05) is 11.8 Å². The van der Waals surface area contributed by atoms with E-state index >= 15 is 0 Å². The van der Waals surface area contributed by atoms with Gasteiger partial charge in [-0.3, -0.25) is 4.79 Å². The van der Waals surface area contributed by atoms with Crippen molar-refractivity contribution in [2.24, 2.45) is 5.11 Å². The van der Waals surface area contributed by atoms with Crippen LogP contribution in [0.15, 0.2) is 5.11 Å². The molecule has 2 rings (SSSR count). The summed E-state index contributed by atoms with van der Waals surface area (Å²) in [7, 11) is 0. The average molecular weight is 229 g/mol. The summed E-state index contributed by atoms with van der Waals surface area (Å²) in [5.74, 6) is -0.552. The first-order valence-corrected chi connectivity index (χ1v) is 4.80. The monoisotopic (exact) mass is 229 g/mol. The van der Waals surface area contributed by atoms with E-state index in [1.165, 1.54) is 6.92 Å². The van der Waals surface area contributed by atoms with Gasteiger partial charge in [-0.05, 0) is 5.53 Å². The minimum absolute atomic E-state index is 0.195. The average Bonchev–Trinajstić information content (AvgIpc) is 2.66. The van der Waals surface area contributed by atoms with E-state index in [1.807, 2.05) is 0 Å². The van der Waals surface area contributed by atoms with E-state index in [-0.39, 0.29) is 6.61 Å². The normalized spacial score (nSPS) is 41.2. The Balaban J connectivity index is 2.22. The number of azide groups is 1. The molecule has 16 heavy (non-hydrogen) atoms. The molecule has 0 spiro atoms. The van der Waals surface area contributed by atoms with Gasteiger partial charge in [0.2, 0.25) is 0 Å².